The fraction of sp³-hybridized carbons (Fsp3) is 0.565. The van der Waals surface area contributed by atoms with Crippen molar-refractivity contribution in [3.05, 3.63) is 46.1 Å². The van der Waals surface area contributed by atoms with Gasteiger partial charge in [0.05, 0.1) is 18.8 Å². The maximum Gasteiger partial charge on any atom is 0.318 e. The van der Waals surface area contributed by atoms with Gasteiger partial charge in [0.15, 0.2) is 0 Å². The molecule has 7 nitrogen and oxygen atoms in total. The maximum atomic E-state index is 12.4. The minimum Gasteiger partial charge on any atom is -0.617 e. The molecule has 0 saturated carbocycles. The molecule has 3 N–H and O–H groups in total. The Bertz CT molecular complexity index is 885. The first-order valence-corrected chi connectivity index (χ1v) is 13.3. The highest BCUT2D eigenvalue weighted by Gasteiger charge is 2.48. The number of carbonyl (C=O) groups is 1. The molecule has 0 aromatic heterocycles. The van der Waals surface area contributed by atoms with Crippen LogP contribution in [0.1, 0.15) is 36.4 Å². The van der Waals surface area contributed by atoms with E-state index in [9.17, 15) is 9.35 Å². The maximum absolute atomic E-state index is 12.4. The second-order valence-electron chi connectivity index (χ2n) is 9.03. The molecular formula is C23H32ClN5O2S. The second kappa shape index (κ2) is 10.0. The molecular weight excluding hydrogens is 446 g/mol. The molecule has 2 amide bonds. The van der Waals surface area contributed by atoms with Gasteiger partial charge in [0.1, 0.15) is 5.75 Å². The third kappa shape index (κ3) is 4.93. The monoisotopic (exact) mass is 477 g/mol. The Hall–Kier alpha value is -1.74. The van der Waals surface area contributed by atoms with Gasteiger partial charge in [-0.15, -0.1) is 0 Å². The van der Waals surface area contributed by atoms with Crippen LogP contribution in [0, 0.1) is 5.41 Å². The number of hydrogen-bond donors (Lipinski definition) is 3. The summed E-state index contributed by atoms with van der Waals surface area (Å²) in [6.07, 6.45) is 7.94. The summed E-state index contributed by atoms with van der Waals surface area (Å²) in [5.41, 5.74) is 3.52. The molecule has 4 rings (SSSR count). The van der Waals surface area contributed by atoms with Crippen molar-refractivity contribution in [1.29, 1.82) is 5.41 Å². The molecule has 2 unspecified atom stereocenters. The second-order valence-corrected chi connectivity index (χ2v) is 11.0. The molecule has 0 radical (unpaired) electrons. The molecule has 2 atom stereocenters. The summed E-state index contributed by atoms with van der Waals surface area (Å²) in [6.45, 7) is 4.71. The van der Waals surface area contributed by atoms with Crippen molar-refractivity contribution in [2.75, 3.05) is 51.3 Å². The Kier molecular flexibility index (Phi) is 7.34. The summed E-state index contributed by atoms with van der Waals surface area (Å²) in [5.74, 6) is 0.603. The average Bonchev–Trinajstić information content (AvgIpc) is 3.33. The van der Waals surface area contributed by atoms with Crippen molar-refractivity contribution in [2.45, 2.75) is 30.7 Å². The van der Waals surface area contributed by atoms with E-state index in [4.69, 9.17) is 17.0 Å². The number of amides is 2. The molecule has 9 heteroatoms. The van der Waals surface area contributed by atoms with Crippen LogP contribution in [0.5, 0.6) is 0 Å². The number of nitrogens with one attached hydrogen (secondary N) is 3. The van der Waals surface area contributed by atoms with E-state index < -0.39 is 11.2 Å². The first kappa shape index (κ1) is 23.4. The van der Waals surface area contributed by atoms with E-state index in [1.807, 2.05) is 17.2 Å². The zero-order valence-corrected chi connectivity index (χ0v) is 20.1. The third-order valence-corrected chi connectivity index (χ3v) is 8.04. The highest BCUT2D eigenvalue weighted by Crippen LogP contribution is 2.53. The van der Waals surface area contributed by atoms with Crippen molar-refractivity contribution >= 4 is 35.0 Å². The van der Waals surface area contributed by atoms with Crippen LogP contribution >= 0.6 is 11.6 Å². The quantitative estimate of drug-likeness (QED) is 0.305. The fourth-order valence-electron chi connectivity index (χ4n) is 5.34. The minimum atomic E-state index is -0.817. The number of nitrogens with zero attached hydrogens (tertiary/aromatic N) is 2. The van der Waals surface area contributed by atoms with Crippen molar-refractivity contribution in [3.63, 3.8) is 0 Å². The van der Waals surface area contributed by atoms with E-state index in [2.05, 4.69) is 27.7 Å². The van der Waals surface area contributed by atoms with E-state index in [-0.39, 0.29) is 17.5 Å². The summed E-state index contributed by atoms with van der Waals surface area (Å²) in [4.78, 5) is 16.8. The lowest BCUT2D eigenvalue weighted by atomic mass is 9.73. The summed E-state index contributed by atoms with van der Waals surface area (Å²) in [6, 6.07) is 6.31. The van der Waals surface area contributed by atoms with Crippen molar-refractivity contribution < 1.29 is 9.35 Å². The van der Waals surface area contributed by atoms with E-state index in [0.717, 1.165) is 56.0 Å². The summed E-state index contributed by atoms with van der Waals surface area (Å²) in [5, 5.41) is 14.6. The van der Waals surface area contributed by atoms with Crippen LogP contribution in [0.25, 0.3) is 0 Å². The zero-order valence-electron chi connectivity index (χ0n) is 18.5. The zero-order chi connectivity index (χ0) is 22.7. The van der Waals surface area contributed by atoms with E-state index >= 15 is 0 Å². The lowest BCUT2D eigenvalue weighted by Gasteiger charge is -2.41. The van der Waals surface area contributed by atoms with Gasteiger partial charge in [-0.3, -0.25) is 4.90 Å². The molecule has 0 bridgehead atoms. The van der Waals surface area contributed by atoms with Gasteiger partial charge >= 0.3 is 6.03 Å². The smallest absolute Gasteiger partial charge is 0.318 e. The normalized spacial score (nSPS) is 23.8. The molecule has 1 aliphatic carbocycles. The van der Waals surface area contributed by atoms with Crippen LogP contribution in [-0.4, -0.2) is 77.9 Å². The molecule has 32 heavy (non-hydrogen) atoms. The van der Waals surface area contributed by atoms with Crippen molar-refractivity contribution in [3.8, 4) is 0 Å². The van der Waals surface area contributed by atoms with E-state index in [1.54, 1.807) is 6.26 Å². The van der Waals surface area contributed by atoms with Crippen molar-refractivity contribution in [2.24, 2.45) is 0 Å². The highest BCUT2D eigenvalue weighted by atomic mass is 35.5. The number of rotatable bonds is 8. The SMILES string of the molecule is C[S+]([O-])CCN/C=C(\C=N)CN1CCC2(CC1)CC(N1CCNC1=O)c1ccc(Cl)cc12. The Morgan fingerprint density at radius 3 is 2.84 bits per heavy atom. The molecule has 1 aromatic rings. The minimum absolute atomic E-state index is 0.0329. The number of piperidine rings is 1. The van der Waals surface area contributed by atoms with Crippen LogP contribution in [0.15, 0.2) is 30.0 Å². The van der Waals surface area contributed by atoms with Crippen LogP contribution in [-0.2, 0) is 16.6 Å². The lowest BCUT2D eigenvalue weighted by molar-refractivity contribution is 0.144. The lowest BCUT2D eigenvalue weighted by Crippen LogP contribution is -2.43. The molecule has 1 spiro atoms. The number of hydrogen-bond acceptors (Lipinski definition) is 5. The van der Waals surface area contributed by atoms with Gasteiger partial charge < -0.3 is 25.5 Å². The van der Waals surface area contributed by atoms with Gasteiger partial charge in [-0.1, -0.05) is 28.8 Å². The first-order chi connectivity index (χ1) is 15.4. The predicted molar refractivity (Wildman–Crippen MR) is 130 cm³/mol. The third-order valence-electron chi connectivity index (χ3n) is 7.02. The average molecular weight is 478 g/mol. The molecule has 174 valence electrons. The highest BCUT2D eigenvalue weighted by molar-refractivity contribution is 7.90. The fourth-order valence-corrected chi connectivity index (χ4v) is 5.92. The Morgan fingerprint density at radius 2 is 2.19 bits per heavy atom. The molecule has 2 aliphatic heterocycles. The number of likely N-dealkylation sites (tertiary alicyclic amines) is 1. The van der Waals surface area contributed by atoms with Crippen LogP contribution in [0.3, 0.4) is 0 Å². The summed E-state index contributed by atoms with van der Waals surface area (Å²) < 4.78 is 11.2. The number of benzene rings is 1. The van der Waals surface area contributed by atoms with Gasteiger partial charge in [0.25, 0.3) is 0 Å². The molecule has 2 saturated heterocycles. The molecule has 2 fully saturated rings. The Balaban J connectivity index is 1.43. The van der Waals surface area contributed by atoms with E-state index in [0.29, 0.717) is 18.8 Å². The summed E-state index contributed by atoms with van der Waals surface area (Å²) >= 11 is 5.58. The largest absolute Gasteiger partial charge is 0.617 e. The number of halogens is 1. The van der Waals surface area contributed by atoms with Gasteiger partial charge in [0.2, 0.25) is 0 Å². The van der Waals surface area contributed by atoms with E-state index in [1.165, 1.54) is 17.3 Å². The molecule has 1 aromatic carbocycles. The van der Waals surface area contributed by atoms with Gasteiger partial charge in [0, 0.05) is 42.5 Å². The topological polar surface area (TPSA) is 94.5 Å². The molecule has 2 heterocycles. The number of carbonyl (C=O) groups excluding carboxylic acids is 1. The van der Waals surface area contributed by atoms with Gasteiger partial charge in [-0.05, 0) is 61.2 Å². The number of urea groups is 1. The van der Waals surface area contributed by atoms with Crippen molar-refractivity contribution in [1.82, 2.24) is 20.4 Å². The van der Waals surface area contributed by atoms with Crippen LogP contribution < -0.4 is 10.6 Å². The van der Waals surface area contributed by atoms with Crippen LogP contribution in [0.4, 0.5) is 4.79 Å². The van der Waals surface area contributed by atoms with Gasteiger partial charge in [-0.25, -0.2) is 4.79 Å². The standard InChI is InChI=1S/C23H32ClN5O2S/c1-32(31)11-7-26-15-17(14-25)16-28-8-4-23(5-9-28)13-21(29-10-6-27-22(29)30)19-3-2-18(24)12-20(19)23/h2-3,12,14-15,21,25-26H,4-11,13,16H2,1H3,(H,27,30)/b17-15+,25-14?. The summed E-state index contributed by atoms with van der Waals surface area (Å²) in [7, 11) is 0. The predicted octanol–water partition coefficient (Wildman–Crippen LogP) is 2.65. The Morgan fingerprint density at radius 1 is 1.41 bits per heavy atom. The Labute approximate surface area is 198 Å². The van der Waals surface area contributed by atoms with Gasteiger partial charge in [-0.2, -0.15) is 0 Å². The number of fused-ring (bicyclic) bond motifs is 2. The van der Waals surface area contributed by atoms with Crippen LogP contribution in [0.2, 0.25) is 5.02 Å². The first-order valence-electron chi connectivity index (χ1n) is 11.2. The molecule has 3 aliphatic rings.